The normalized spacial score (nSPS) is 17.1. The first kappa shape index (κ1) is 24.5. The fourth-order valence-corrected chi connectivity index (χ4v) is 4.42. The fraction of sp³-hybridized carbons (Fsp3) is 0.308. The van der Waals surface area contributed by atoms with Crippen LogP contribution in [0.1, 0.15) is 44.2 Å². The molecule has 35 heavy (non-hydrogen) atoms. The summed E-state index contributed by atoms with van der Waals surface area (Å²) in [6.45, 7) is 6.89. The number of hydrogen-bond acceptors (Lipinski definition) is 7. The van der Waals surface area contributed by atoms with Crippen molar-refractivity contribution >= 4 is 39.8 Å². The Morgan fingerprint density at radius 2 is 1.86 bits per heavy atom. The third kappa shape index (κ3) is 5.40. The Labute approximate surface area is 209 Å². The summed E-state index contributed by atoms with van der Waals surface area (Å²) in [6.07, 6.45) is 2.65. The van der Waals surface area contributed by atoms with Crippen LogP contribution in [0, 0.1) is 5.41 Å². The van der Waals surface area contributed by atoms with Gasteiger partial charge in [-0.25, -0.2) is 0 Å². The molecule has 0 aliphatic carbocycles. The van der Waals surface area contributed by atoms with Crippen molar-refractivity contribution in [2.24, 2.45) is 10.1 Å². The maximum absolute atomic E-state index is 12.5. The van der Waals surface area contributed by atoms with Crippen molar-refractivity contribution in [2.45, 2.75) is 33.1 Å². The summed E-state index contributed by atoms with van der Waals surface area (Å²) in [6, 6.07) is 13.4. The lowest BCUT2D eigenvalue weighted by Gasteiger charge is -2.20. The molecular weight excluding hydrogens is 464 g/mol. The number of benzene rings is 2. The van der Waals surface area contributed by atoms with E-state index < -0.39 is 5.91 Å². The second-order valence-corrected chi connectivity index (χ2v) is 9.25. The molecule has 0 saturated carbocycles. The predicted octanol–water partition coefficient (Wildman–Crippen LogP) is 5.31. The lowest BCUT2D eigenvalue weighted by molar-refractivity contribution is -0.114. The van der Waals surface area contributed by atoms with Crippen LogP contribution in [0.25, 0.3) is 6.08 Å². The van der Waals surface area contributed by atoms with Crippen LogP contribution >= 0.6 is 11.8 Å². The van der Waals surface area contributed by atoms with Crippen LogP contribution in [-0.4, -0.2) is 47.3 Å². The molecule has 4 rings (SSSR count). The van der Waals surface area contributed by atoms with Crippen molar-refractivity contribution in [3.05, 3.63) is 59.2 Å². The van der Waals surface area contributed by atoms with Gasteiger partial charge in [0.25, 0.3) is 5.91 Å². The van der Waals surface area contributed by atoms with Crippen LogP contribution in [0.3, 0.4) is 0 Å². The van der Waals surface area contributed by atoms with Gasteiger partial charge in [0.2, 0.25) is 5.17 Å². The number of aliphatic imine (C=N–C) groups is 1. The number of rotatable bonds is 9. The number of fused-ring (bicyclic) bond motifs is 1. The summed E-state index contributed by atoms with van der Waals surface area (Å²) in [4.78, 5) is 16.6. The zero-order valence-corrected chi connectivity index (χ0v) is 21.0. The van der Waals surface area contributed by atoms with Gasteiger partial charge in [0.15, 0.2) is 17.3 Å². The summed E-state index contributed by atoms with van der Waals surface area (Å²) in [5, 5.41) is 15.2. The smallest absolute Gasteiger partial charge is 0.283 e. The number of ether oxygens (including phenoxy) is 3. The second-order valence-electron chi connectivity index (χ2n) is 8.09. The summed E-state index contributed by atoms with van der Waals surface area (Å²) >= 11 is 1.27. The standard InChI is InChI=1S/C26H28N4O4S/c1-5-16(2)19-8-6-7-9-21(19)33-12-13-34-22-11-10-18(15-23(22)32-4)14-20-24(27)30-26(28-25(20)31)35-17(3)29-30/h6-11,14-16,27H,5,12-13H2,1-4H3. The number of nitrogens with one attached hydrogen (secondary N) is 1. The van der Waals surface area contributed by atoms with Gasteiger partial charge in [-0.2, -0.15) is 15.1 Å². The van der Waals surface area contributed by atoms with Gasteiger partial charge in [-0.15, -0.1) is 0 Å². The van der Waals surface area contributed by atoms with Crippen molar-refractivity contribution in [2.75, 3.05) is 20.3 Å². The number of thioether (sulfide) groups is 1. The molecule has 1 N–H and O–H groups in total. The second kappa shape index (κ2) is 10.8. The largest absolute Gasteiger partial charge is 0.493 e. The Balaban J connectivity index is 1.42. The Bertz CT molecular complexity index is 1240. The SMILES string of the molecule is CCC(C)c1ccccc1OCCOc1ccc(C=C2C(=N)N3N=C(C)SC3=NC2=O)cc1OC. The van der Waals surface area contributed by atoms with Crippen molar-refractivity contribution in [3.8, 4) is 17.2 Å². The first-order chi connectivity index (χ1) is 16.9. The first-order valence-electron chi connectivity index (χ1n) is 11.4. The molecular formula is C26H28N4O4S. The summed E-state index contributed by atoms with van der Waals surface area (Å²) < 4.78 is 17.4. The molecule has 182 valence electrons. The van der Waals surface area contributed by atoms with Gasteiger partial charge in [-0.05, 0) is 66.4 Å². The van der Waals surface area contributed by atoms with Gasteiger partial charge >= 0.3 is 0 Å². The molecule has 2 aliphatic rings. The quantitative estimate of drug-likeness (QED) is 0.377. The van der Waals surface area contributed by atoms with Crippen LogP contribution in [0.4, 0.5) is 0 Å². The number of hydrogen-bond donors (Lipinski definition) is 1. The topological polar surface area (TPSA) is 96.6 Å². The first-order valence-corrected chi connectivity index (χ1v) is 12.2. The Hall–Kier alpha value is -3.59. The van der Waals surface area contributed by atoms with Gasteiger partial charge in [-0.3, -0.25) is 10.2 Å². The van der Waals surface area contributed by atoms with E-state index >= 15 is 0 Å². The monoisotopic (exact) mass is 492 g/mol. The van der Waals surface area contributed by atoms with E-state index in [0.29, 0.717) is 41.4 Å². The molecule has 0 fully saturated rings. The van der Waals surface area contributed by atoms with Crippen LogP contribution < -0.4 is 14.2 Å². The minimum Gasteiger partial charge on any atom is -0.493 e. The zero-order chi connectivity index (χ0) is 24.9. The number of carbonyl (C=O) groups is 1. The highest BCUT2D eigenvalue weighted by molar-refractivity contribution is 8.26. The number of hydrazone groups is 1. The number of amides is 1. The van der Waals surface area contributed by atoms with E-state index in [1.807, 2.05) is 25.1 Å². The molecule has 1 atom stereocenters. The van der Waals surface area contributed by atoms with Crippen molar-refractivity contribution in [3.63, 3.8) is 0 Å². The van der Waals surface area contributed by atoms with E-state index in [-0.39, 0.29) is 11.4 Å². The maximum Gasteiger partial charge on any atom is 0.283 e. The van der Waals surface area contributed by atoms with Gasteiger partial charge in [0, 0.05) is 0 Å². The maximum atomic E-state index is 12.5. The molecule has 0 saturated heterocycles. The molecule has 0 spiro atoms. The third-order valence-electron chi connectivity index (χ3n) is 5.71. The molecule has 8 nitrogen and oxygen atoms in total. The summed E-state index contributed by atoms with van der Waals surface area (Å²) in [5.41, 5.74) is 2.04. The average Bonchev–Trinajstić information content (AvgIpc) is 3.24. The fourth-order valence-electron chi connectivity index (χ4n) is 3.69. The lowest BCUT2D eigenvalue weighted by Crippen LogP contribution is -2.35. The number of carbonyl (C=O) groups excluding carboxylic acids is 1. The molecule has 0 radical (unpaired) electrons. The van der Waals surface area contributed by atoms with Gasteiger partial charge < -0.3 is 14.2 Å². The Morgan fingerprint density at radius 3 is 2.60 bits per heavy atom. The molecule has 1 amide bonds. The molecule has 9 heteroatoms. The highest BCUT2D eigenvalue weighted by atomic mass is 32.2. The van der Waals surface area contributed by atoms with Crippen molar-refractivity contribution in [1.82, 2.24) is 5.01 Å². The molecule has 0 bridgehead atoms. The average molecular weight is 493 g/mol. The number of nitrogens with zero attached hydrogens (tertiary/aromatic N) is 3. The molecule has 2 aromatic carbocycles. The Morgan fingerprint density at radius 1 is 1.11 bits per heavy atom. The lowest BCUT2D eigenvalue weighted by atomic mass is 9.98. The van der Waals surface area contributed by atoms with E-state index in [0.717, 1.165) is 17.2 Å². The minimum atomic E-state index is -0.465. The van der Waals surface area contributed by atoms with E-state index in [4.69, 9.17) is 19.6 Å². The third-order valence-corrected chi connectivity index (χ3v) is 6.54. The molecule has 2 aliphatic heterocycles. The molecule has 2 heterocycles. The Kier molecular flexibility index (Phi) is 7.55. The summed E-state index contributed by atoms with van der Waals surface area (Å²) in [5.74, 6) is 1.91. The van der Waals surface area contributed by atoms with Crippen molar-refractivity contribution in [1.29, 1.82) is 5.41 Å². The van der Waals surface area contributed by atoms with Gasteiger partial charge in [0.05, 0.1) is 17.7 Å². The highest BCUT2D eigenvalue weighted by Crippen LogP contribution is 2.32. The molecule has 2 aromatic rings. The number of para-hydroxylation sites is 1. The number of methoxy groups -OCH3 is 1. The van der Waals surface area contributed by atoms with E-state index in [2.05, 4.69) is 30.0 Å². The van der Waals surface area contributed by atoms with Crippen LogP contribution in [0.2, 0.25) is 0 Å². The van der Waals surface area contributed by atoms with E-state index in [1.54, 1.807) is 31.4 Å². The molecule has 1 unspecified atom stereocenters. The highest BCUT2D eigenvalue weighted by Gasteiger charge is 2.34. The van der Waals surface area contributed by atoms with Crippen LogP contribution in [0.15, 0.2) is 58.1 Å². The van der Waals surface area contributed by atoms with Crippen LogP contribution in [-0.2, 0) is 4.79 Å². The molecule has 0 aromatic heterocycles. The summed E-state index contributed by atoms with van der Waals surface area (Å²) in [7, 11) is 1.56. The minimum absolute atomic E-state index is 0.00142. The zero-order valence-electron chi connectivity index (χ0n) is 20.2. The van der Waals surface area contributed by atoms with E-state index in [1.165, 1.54) is 22.3 Å². The van der Waals surface area contributed by atoms with Crippen LogP contribution in [0.5, 0.6) is 17.2 Å². The van der Waals surface area contributed by atoms with Gasteiger partial charge in [0.1, 0.15) is 19.0 Å². The van der Waals surface area contributed by atoms with E-state index in [9.17, 15) is 4.79 Å². The predicted molar refractivity (Wildman–Crippen MR) is 140 cm³/mol. The number of amidine groups is 2. The van der Waals surface area contributed by atoms with Gasteiger partial charge in [-0.1, -0.05) is 38.1 Å². The van der Waals surface area contributed by atoms with Crippen molar-refractivity contribution < 1.29 is 19.0 Å².